The molecule has 0 N–H and O–H groups in total. The predicted octanol–water partition coefficient (Wildman–Crippen LogP) is 2.54. The molecule has 7 nitrogen and oxygen atoms in total. The van der Waals surface area contributed by atoms with Crippen LogP contribution in [0.25, 0.3) is 11.0 Å². The van der Waals surface area contributed by atoms with Crippen LogP contribution < -0.4 is 9.64 Å². The lowest BCUT2D eigenvalue weighted by Crippen LogP contribution is -2.26. The van der Waals surface area contributed by atoms with Gasteiger partial charge in [0.2, 0.25) is 0 Å². The first-order valence-electron chi connectivity index (χ1n) is 7.28. The van der Waals surface area contributed by atoms with Gasteiger partial charge in [0.05, 0.1) is 31.8 Å². The molecule has 0 bridgehead atoms. The third-order valence-corrected chi connectivity index (χ3v) is 3.45. The van der Waals surface area contributed by atoms with E-state index < -0.39 is 12.8 Å². The van der Waals surface area contributed by atoms with Crippen LogP contribution in [0.4, 0.5) is 15.0 Å². The number of methoxy groups -OCH3 is 1. The Morgan fingerprint density at radius 2 is 2.35 bits per heavy atom. The largest absolute Gasteiger partial charge is 0.493 e. The lowest BCUT2D eigenvalue weighted by molar-refractivity contribution is 0.0718. The van der Waals surface area contributed by atoms with Crippen molar-refractivity contribution in [2.45, 2.75) is 12.5 Å². The van der Waals surface area contributed by atoms with Gasteiger partial charge in [-0.15, -0.1) is 0 Å². The third kappa shape index (κ3) is 3.21. The highest BCUT2D eigenvalue weighted by Crippen LogP contribution is 2.31. The number of hydrogen-bond donors (Lipinski definition) is 0. The van der Waals surface area contributed by atoms with Gasteiger partial charge in [-0.3, -0.25) is 9.29 Å². The molecule has 0 saturated carbocycles. The normalized spacial score (nSPS) is 17.7. The number of halogens is 1. The summed E-state index contributed by atoms with van der Waals surface area (Å²) in [6.45, 7) is 0.544. The molecule has 1 aliphatic heterocycles. The van der Waals surface area contributed by atoms with E-state index in [1.807, 2.05) is 0 Å². The zero-order chi connectivity index (χ0) is 16.2. The molecule has 1 saturated heterocycles. The minimum absolute atomic E-state index is 0.292. The van der Waals surface area contributed by atoms with Crippen molar-refractivity contribution in [1.82, 2.24) is 5.16 Å². The van der Waals surface area contributed by atoms with Crippen molar-refractivity contribution in [3.8, 4) is 5.75 Å². The van der Waals surface area contributed by atoms with Crippen LogP contribution >= 0.6 is 0 Å². The minimum atomic E-state index is -0.481. The van der Waals surface area contributed by atoms with Gasteiger partial charge < -0.3 is 18.7 Å². The van der Waals surface area contributed by atoms with Crippen molar-refractivity contribution in [1.29, 1.82) is 0 Å². The van der Waals surface area contributed by atoms with Gasteiger partial charge in [0.15, 0.2) is 11.4 Å². The summed E-state index contributed by atoms with van der Waals surface area (Å²) in [5.74, 6) is 0.966. The minimum Gasteiger partial charge on any atom is -0.493 e. The fraction of sp³-hybridized carbons (Fsp3) is 0.467. The van der Waals surface area contributed by atoms with Gasteiger partial charge in [-0.05, 0) is 12.1 Å². The highest BCUT2D eigenvalue weighted by Gasteiger charge is 2.35. The maximum Gasteiger partial charge on any atom is 0.416 e. The Morgan fingerprint density at radius 1 is 1.48 bits per heavy atom. The predicted molar refractivity (Wildman–Crippen MR) is 79.6 cm³/mol. The molecule has 1 aliphatic rings. The third-order valence-electron chi connectivity index (χ3n) is 3.45. The van der Waals surface area contributed by atoms with E-state index in [4.69, 9.17) is 18.7 Å². The van der Waals surface area contributed by atoms with E-state index in [1.54, 1.807) is 25.3 Å². The number of alkyl halides is 1. The van der Waals surface area contributed by atoms with Crippen LogP contribution in [0.3, 0.4) is 0 Å². The van der Waals surface area contributed by atoms with Crippen LogP contribution in [0.2, 0.25) is 0 Å². The van der Waals surface area contributed by atoms with Gasteiger partial charge in [0.1, 0.15) is 11.9 Å². The molecule has 23 heavy (non-hydrogen) atoms. The number of ether oxygens (including phenoxy) is 3. The fourth-order valence-corrected chi connectivity index (χ4v) is 2.40. The smallest absolute Gasteiger partial charge is 0.416 e. The van der Waals surface area contributed by atoms with Crippen LogP contribution in [0, 0.1) is 0 Å². The van der Waals surface area contributed by atoms with Crippen molar-refractivity contribution in [3.63, 3.8) is 0 Å². The van der Waals surface area contributed by atoms with Gasteiger partial charge in [-0.1, -0.05) is 5.16 Å². The summed E-state index contributed by atoms with van der Waals surface area (Å²) in [7, 11) is 1.55. The van der Waals surface area contributed by atoms with Crippen LogP contribution in [-0.4, -0.2) is 50.9 Å². The van der Waals surface area contributed by atoms with Crippen LogP contribution in [0.5, 0.6) is 5.75 Å². The summed E-state index contributed by atoms with van der Waals surface area (Å²) < 4.78 is 33.0. The highest BCUT2D eigenvalue weighted by atomic mass is 19.1. The van der Waals surface area contributed by atoms with Crippen molar-refractivity contribution >= 4 is 22.9 Å². The summed E-state index contributed by atoms with van der Waals surface area (Å²) in [5, 5.41) is 4.63. The topological polar surface area (TPSA) is 74.0 Å². The molecule has 1 amide bonds. The van der Waals surface area contributed by atoms with E-state index in [0.717, 1.165) is 0 Å². The Balaban J connectivity index is 1.78. The molecule has 1 atom stereocenters. The molecule has 1 aromatic carbocycles. The summed E-state index contributed by atoms with van der Waals surface area (Å²) in [6, 6.07) is 5.15. The first kappa shape index (κ1) is 15.5. The number of cyclic esters (lactones) is 1. The van der Waals surface area contributed by atoms with Gasteiger partial charge in [0.25, 0.3) is 0 Å². The molecular weight excluding hydrogens is 307 g/mol. The van der Waals surface area contributed by atoms with Crippen LogP contribution in [0.1, 0.15) is 6.42 Å². The molecule has 1 aromatic heterocycles. The fourth-order valence-electron chi connectivity index (χ4n) is 2.40. The average molecular weight is 324 g/mol. The lowest BCUT2D eigenvalue weighted by Gasteiger charge is -2.09. The monoisotopic (exact) mass is 324 g/mol. The van der Waals surface area contributed by atoms with Crippen molar-refractivity contribution in [2.75, 3.05) is 38.4 Å². The number of nitrogens with zero attached hydrogens (tertiary/aromatic N) is 2. The molecule has 1 fully saturated rings. The number of carbonyl (C=O) groups excluding carboxylic acids is 1. The molecule has 0 unspecified atom stereocenters. The number of anilines is 1. The van der Waals surface area contributed by atoms with Crippen LogP contribution in [0.15, 0.2) is 22.7 Å². The molecule has 2 aromatic rings. The summed E-state index contributed by atoms with van der Waals surface area (Å²) >= 11 is 0. The van der Waals surface area contributed by atoms with E-state index in [2.05, 4.69) is 5.16 Å². The van der Waals surface area contributed by atoms with Gasteiger partial charge in [-0.25, -0.2) is 4.79 Å². The number of hydrogen-bond acceptors (Lipinski definition) is 6. The lowest BCUT2D eigenvalue weighted by atomic mass is 10.2. The quantitative estimate of drug-likeness (QED) is 0.729. The second kappa shape index (κ2) is 6.82. The average Bonchev–Trinajstić information content (AvgIpc) is 3.11. The molecule has 8 heteroatoms. The number of rotatable bonds is 7. The Labute approximate surface area is 131 Å². The summed E-state index contributed by atoms with van der Waals surface area (Å²) in [4.78, 5) is 13.4. The van der Waals surface area contributed by atoms with Crippen molar-refractivity contribution in [3.05, 3.63) is 18.2 Å². The van der Waals surface area contributed by atoms with E-state index in [1.165, 1.54) is 4.90 Å². The zero-order valence-electron chi connectivity index (χ0n) is 12.7. The molecule has 3 rings (SSSR count). The molecule has 0 aliphatic carbocycles. The first-order valence-corrected chi connectivity index (χ1v) is 7.28. The maximum atomic E-state index is 12.1. The standard InChI is InChI=1S/C15H17FN2O5/c1-20-9-11-8-18(15(19)22-11)14-12-4-3-10(21-6-2-5-16)7-13(12)23-17-14/h3-4,7,11H,2,5-6,8-9H2,1H3/t11-/m0/s1. The maximum absolute atomic E-state index is 12.1. The van der Waals surface area contributed by atoms with Crippen molar-refractivity contribution in [2.24, 2.45) is 0 Å². The Bertz CT molecular complexity index is 690. The number of benzene rings is 1. The zero-order valence-corrected chi connectivity index (χ0v) is 12.7. The summed E-state index contributed by atoms with van der Waals surface area (Å²) in [5.41, 5.74) is 0.487. The molecule has 124 valence electrons. The molecule has 0 radical (unpaired) electrons. The van der Waals surface area contributed by atoms with E-state index >= 15 is 0 Å². The Hall–Kier alpha value is -2.35. The SMILES string of the molecule is COC[C@@H]1CN(c2noc3cc(OCCCF)ccc23)C(=O)O1. The number of aromatic nitrogens is 1. The van der Waals surface area contributed by atoms with E-state index in [0.29, 0.717) is 48.7 Å². The van der Waals surface area contributed by atoms with Gasteiger partial charge in [-0.2, -0.15) is 0 Å². The van der Waals surface area contributed by atoms with Crippen LogP contribution in [-0.2, 0) is 9.47 Å². The van der Waals surface area contributed by atoms with Gasteiger partial charge >= 0.3 is 6.09 Å². The van der Waals surface area contributed by atoms with Crippen molar-refractivity contribution < 1.29 is 27.9 Å². The number of fused-ring (bicyclic) bond motifs is 1. The molecule has 0 spiro atoms. The Morgan fingerprint density at radius 3 is 3.13 bits per heavy atom. The number of amides is 1. The summed E-state index contributed by atoms with van der Waals surface area (Å²) in [6.07, 6.45) is -0.478. The highest BCUT2D eigenvalue weighted by molar-refractivity contribution is 5.99. The second-order valence-electron chi connectivity index (χ2n) is 5.13. The Kier molecular flexibility index (Phi) is 4.61. The molecular formula is C15H17FN2O5. The second-order valence-corrected chi connectivity index (χ2v) is 5.13. The van der Waals surface area contributed by atoms with Gasteiger partial charge in [0, 0.05) is 19.6 Å². The van der Waals surface area contributed by atoms with E-state index in [-0.39, 0.29) is 6.10 Å². The van der Waals surface area contributed by atoms with E-state index in [9.17, 15) is 9.18 Å². The number of carbonyl (C=O) groups is 1. The first-order chi connectivity index (χ1) is 11.2. The molecule has 2 heterocycles.